The summed E-state index contributed by atoms with van der Waals surface area (Å²) in [6, 6.07) is 8.18. The summed E-state index contributed by atoms with van der Waals surface area (Å²) in [6.07, 6.45) is 2.64. The second-order valence-electron chi connectivity index (χ2n) is 6.33. The Hall–Kier alpha value is -3.55. The number of carbonyl (C=O) groups excluding carboxylic acids is 1. The molecule has 0 bridgehead atoms. The predicted octanol–water partition coefficient (Wildman–Crippen LogP) is 3.53. The van der Waals surface area contributed by atoms with Crippen molar-refractivity contribution in [2.75, 3.05) is 13.9 Å². The van der Waals surface area contributed by atoms with Crippen LogP contribution in [-0.2, 0) is 4.79 Å². The van der Waals surface area contributed by atoms with E-state index in [9.17, 15) is 14.9 Å². The molecule has 0 spiro atoms. The maximum Gasteiger partial charge on any atom is 0.280 e. The zero-order valence-electron chi connectivity index (χ0n) is 15.7. The molecule has 1 N–H and O–H groups in total. The van der Waals surface area contributed by atoms with Crippen molar-refractivity contribution in [2.24, 2.45) is 0 Å². The van der Waals surface area contributed by atoms with E-state index in [0.29, 0.717) is 17.2 Å². The van der Waals surface area contributed by atoms with Gasteiger partial charge in [0.25, 0.3) is 5.69 Å². The van der Waals surface area contributed by atoms with E-state index in [1.807, 2.05) is 32.0 Å². The molecular formula is C20H20N2O6. The number of nitrogens with zero attached hydrogens (tertiary/aromatic N) is 1. The van der Waals surface area contributed by atoms with Crippen LogP contribution >= 0.6 is 0 Å². The highest BCUT2D eigenvalue weighted by atomic mass is 16.7. The Labute approximate surface area is 161 Å². The fourth-order valence-electron chi connectivity index (χ4n) is 2.94. The first kappa shape index (κ1) is 19.2. The third-order valence-electron chi connectivity index (χ3n) is 4.34. The van der Waals surface area contributed by atoms with Gasteiger partial charge >= 0.3 is 0 Å². The zero-order valence-corrected chi connectivity index (χ0v) is 15.7. The molecule has 0 saturated heterocycles. The Morgan fingerprint density at radius 1 is 1.29 bits per heavy atom. The molecular weight excluding hydrogens is 364 g/mol. The van der Waals surface area contributed by atoms with Crippen LogP contribution in [0.4, 0.5) is 5.69 Å². The lowest BCUT2D eigenvalue weighted by molar-refractivity contribution is -0.385. The van der Waals surface area contributed by atoms with Gasteiger partial charge < -0.3 is 19.5 Å². The number of nitro benzene ring substituents is 1. The molecule has 0 radical (unpaired) electrons. The maximum atomic E-state index is 12.3. The van der Waals surface area contributed by atoms with Crippen molar-refractivity contribution in [3.05, 3.63) is 63.2 Å². The van der Waals surface area contributed by atoms with Gasteiger partial charge in [0, 0.05) is 11.6 Å². The van der Waals surface area contributed by atoms with Gasteiger partial charge in [-0.1, -0.05) is 17.7 Å². The molecule has 2 aromatic rings. The van der Waals surface area contributed by atoms with Crippen molar-refractivity contribution < 1.29 is 23.9 Å². The van der Waals surface area contributed by atoms with Crippen molar-refractivity contribution in [2.45, 2.75) is 19.9 Å². The summed E-state index contributed by atoms with van der Waals surface area (Å²) in [5.41, 5.74) is 1.98. The lowest BCUT2D eigenvalue weighted by atomic mass is 10.0. The van der Waals surface area contributed by atoms with Crippen molar-refractivity contribution in [3.8, 4) is 17.2 Å². The van der Waals surface area contributed by atoms with E-state index < -0.39 is 4.92 Å². The second kappa shape index (κ2) is 7.99. The standard InChI is InChI=1S/C20H20N2O6/c1-12-4-6-17(26-3)15(8-12)13(2)21-20(23)7-5-14-9-18-19(28-11-27-18)10-16(14)22(24)25/h4-10,13H,11H2,1-3H3,(H,21,23)/b7-5+/t13-/m1/s1. The number of hydrogen-bond acceptors (Lipinski definition) is 6. The van der Waals surface area contributed by atoms with Gasteiger partial charge in [0.15, 0.2) is 11.5 Å². The Morgan fingerprint density at radius 3 is 2.68 bits per heavy atom. The monoisotopic (exact) mass is 384 g/mol. The van der Waals surface area contributed by atoms with Gasteiger partial charge in [0.2, 0.25) is 12.7 Å². The normalized spacial score (nSPS) is 13.4. The van der Waals surface area contributed by atoms with Gasteiger partial charge in [0.1, 0.15) is 5.75 Å². The van der Waals surface area contributed by atoms with Crippen molar-refractivity contribution in [1.82, 2.24) is 5.32 Å². The van der Waals surface area contributed by atoms with E-state index in [2.05, 4.69) is 5.32 Å². The first-order valence-electron chi connectivity index (χ1n) is 8.60. The smallest absolute Gasteiger partial charge is 0.280 e. The quantitative estimate of drug-likeness (QED) is 0.465. The number of nitro groups is 1. The largest absolute Gasteiger partial charge is 0.496 e. The fraction of sp³-hybridized carbons (Fsp3) is 0.250. The molecule has 3 rings (SSSR count). The summed E-state index contributed by atoms with van der Waals surface area (Å²) in [5, 5.41) is 14.1. The van der Waals surface area contributed by atoms with Crippen LogP contribution < -0.4 is 19.5 Å². The van der Waals surface area contributed by atoms with E-state index in [0.717, 1.165) is 11.1 Å². The van der Waals surface area contributed by atoms with Crippen LogP contribution in [0.5, 0.6) is 17.2 Å². The number of benzene rings is 2. The number of aryl methyl sites for hydroxylation is 1. The van der Waals surface area contributed by atoms with Crippen LogP contribution in [0.15, 0.2) is 36.4 Å². The van der Waals surface area contributed by atoms with Crippen LogP contribution in [0.25, 0.3) is 6.08 Å². The number of rotatable bonds is 6. The van der Waals surface area contributed by atoms with E-state index in [1.54, 1.807) is 7.11 Å². The molecule has 1 aliphatic heterocycles. The highest BCUT2D eigenvalue weighted by Crippen LogP contribution is 2.38. The number of fused-ring (bicyclic) bond motifs is 1. The Kier molecular flexibility index (Phi) is 5.49. The van der Waals surface area contributed by atoms with Gasteiger partial charge in [-0.25, -0.2) is 0 Å². The van der Waals surface area contributed by atoms with Crippen molar-refractivity contribution in [1.29, 1.82) is 0 Å². The minimum Gasteiger partial charge on any atom is -0.496 e. The number of methoxy groups -OCH3 is 1. The molecule has 28 heavy (non-hydrogen) atoms. The molecule has 2 aromatic carbocycles. The molecule has 146 valence electrons. The molecule has 1 heterocycles. The van der Waals surface area contributed by atoms with E-state index >= 15 is 0 Å². The SMILES string of the molecule is COc1ccc(C)cc1[C@@H](C)NC(=O)/C=C/c1cc2c(cc1[N+](=O)[O-])OCO2. The highest BCUT2D eigenvalue weighted by Gasteiger charge is 2.22. The molecule has 0 unspecified atom stereocenters. The third kappa shape index (κ3) is 4.06. The number of carbonyl (C=O) groups is 1. The minimum absolute atomic E-state index is 0.00990. The molecule has 0 saturated carbocycles. The van der Waals surface area contributed by atoms with Gasteiger partial charge in [0.05, 0.1) is 29.7 Å². The first-order valence-corrected chi connectivity index (χ1v) is 8.60. The van der Waals surface area contributed by atoms with Gasteiger partial charge in [-0.05, 0) is 32.1 Å². The number of amides is 1. The number of hydrogen-bond donors (Lipinski definition) is 1. The maximum absolute atomic E-state index is 12.3. The lowest BCUT2D eigenvalue weighted by Gasteiger charge is -2.17. The van der Waals surface area contributed by atoms with Crippen LogP contribution in [0.3, 0.4) is 0 Å². The van der Waals surface area contributed by atoms with Crippen molar-refractivity contribution in [3.63, 3.8) is 0 Å². The first-order chi connectivity index (χ1) is 13.4. The van der Waals surface area contributed by atoms with Gasteiger partial charge in [-0.3, -0.25) is 14.9 Å². The molecule has 1 aliphatic rings. The molecule has 8 nitrogen and oxygen atoms in total. The zero-order chi connectivity index (χ0) is 20.3. The molecule has 1 amide bonds. The second-order valence-corrected chi connectivity index (χ2v) is 6.33. The minimum atomic E-state index is -0.528. The summed E-state index contributed by atoms with van der Waals surface area (Å²) in [7, 11) is 1.57. The highest BCUT2D eigenvalue weighted by molar-refractivity contribution is 5.92. The average Bonchev–Trinajstić information content (AvgIpc) is 3.12. The van der Waals surface area contributed by atoms with E-state index in [4.69, 9.17) is 14.2 Å². The summed E-state index contributed by atoms with van der Waals surface area (Å²) in [4.78, 5) is 23.1. The molecule has 0 fully saturated rings. The average molecular weight is 384 g/mol. The summed E-state index contributed by atoms with van der Waals surface area (Å²) >= 11 is 0. The number of nitrogens with one attached hydrogen (secondary N) is 1. The van der Waals surface area contributed by atoms with Crippen LogP contribution in [-0.4, -0.2) is 24.7 Å². The van der Waals surface area contributed by atoms with Crippen molar-refractivity contribution >= 4 is 17.7 Å². The summed E-state index contributed by atoms with van der Waals surface area (Å²) in [5.74, 6) is 1.01. The molecule has 0 aliphatic carbocycles. The third-order valence-corrected chi connectivity index (χ3v) is 4.34. The summed E-state index contributed by atoms with van der Waals surface area (Å²) in [6.45, 7) is 3.80. The van der Waals surface area contributed by atoms with Crippen LogP contribution in [0.1, 0.15) is 29.7 Å². The summed E-state index contributed by atoms with van der Waals surface area (Å²) < 4.78 is 15.8. The van der Waals surface area contributed by atoms with E-state index in [-0.39, 0.29) is 30.0 Å². The Morgan fingerprint density at radius 2 is 2.00 bits per heavy atom. The topological polar surface area (TPSA) is 99.9 Å². The number of ether oxygens (including phenoxy) is 3. The Balaban J connectivity index is 1.77. The lowest BCUT2D eigenvalue weighted by Crippen LogP contribution is -2.25. The van der Waals surface area contributed by atoms with Gasteiger partial charge in [-0.2, -0.15) is 0 Å². The predicted molar refractivity (Wildman–Crippen MR) is 103 cm³/mol. The molecule has 0 aromatic heterocycles. The van der Waals surface area contributed by atoms with Crippen LogP contribution in [0.2, 0.25) is 0 Å². The van der Waals surface area contributed by atoms with E-state index in [1.165, 1.54) is 24.3 Å². The molecule has 8 heteroatoms. The fourth-order valence-corrected chi connectivity index (χ4v) is 2.94. The Bertz CT molecular complexity index is 954. The van der Waals surface area contributed by atoms with Crippen LogP contribution in [0, 0.1) is 17.0 Å². The molecule has 1 atom stereocenters. The van der Waals surface area contributed by atoms with Gasteiger partial charge in [-0.15, -0.1) is 0 Å².